The summed E-state index contributed by atoms with van der Waals surface area (Å²) in [4.78, 5) is 22.4. The molecule has 0 heterocycles. The molecule has 0 aliphatic rings. The molecule has 0 saturated heterocycles. The van der Waals surface area contributed by atoms with Crippen LogP contribution in [0.3, 0.4) is 0 Å². The third-order valence-corrected chi connectivity index (χ3v) is 3.11. The number of halogens is 2. The summed E-state index contributed by atoms with van der Waals surface area (Å²) in [7, 11) is 0. The Balaban J connectivity index is 2.53. The number of hydrogen-bond acceptors (Lipinski definition) is 3. The van der Waals surface area contributed by atoms with Gasteiger partial charge in [-0.05, 0) is 32.0 Å². The predicted molar refractivity (Wildman–Crippen MR) is 79.1 cm³/mol. The van der Waals surface area contributed by atoms with Gasteiger partial charge in [-0.15, -0.1) is 0 Å². The quantitative estimate of drug-likeness (QED) is 0.814. The summed E-state index contributed by atoms with van der Waals surface area (Å²) in [6.45, 7) is 3.03. The van der Waals surface area contributed by atoms with Crippen LogP contribution in [0.15, 0.2) is 22.7 Å². The summed E-state index contributed by atoms with van der Waals surface area (Å²) in [5.41, 5.74) is -0.838. The monoisotopic (exact) mass is 363 g/mol. The highest BCUT2D eigenvalue weighted by Gasteiger charge is 2.24. The Labute approximate surface area is 130 Å². The molecule has 1 rings (SSSR count). The molecule has 0 atom stereocenters. The summed E-state index contributed by atoms with van der Waals surface area (Å²) < 4.78 is 6.10. The van der Waals surface area contributed by atoms with Crippen LogP contribution in [0.2, 0.25) is 5.02 Å². The first-order chi connectivity index (χ1) is 9.19. The number of hydrogen-bond donors (Lipinski definition) is 2. The zero-order chi connectivity index (χ0) is 15.3. The first-order valence-electron chi connectivity index (χ1n) is 5.80. The van der Waals surface area contributed by atoms with Crippen molar-refractivity contribution in [2.24, 2.45) is 0 Å². The molecule has 0 aliphatic carbocycles. The largest absolute Gasteiger partial charge is 0.482 e. The molecule has 110 valence electrons. The van der Waals surface area contributed by atoms with E-state index in [2.05, 4.69) is 21.2 Å². The maximum atomic E-state index is 11.7. The third kappa shape index (κ3) is 5.79. The Morgan fingerprint density at radius 1 is 1.45 bits per heavy atom. The Morgan fingerprint density at radius 2 is 2.10 bits per heavy atom. The van der Waals surface area contributed by atoms with Crippen molar-refractivity contribution in [3.63, 3.8) is 0 Å². The molecule has 20 heavy (non-hydrogen) atoms. The fourth-order valence-electron chi connectivity index (χ4n) is 1.57. The van der Waals surface area contributed by atoms with E-state index in [9.17, 15) is 9.59 Å². The molecule has 0 unspecified atom stereocenters. The molecule has 1 aromatic carbocycles. The molecule has 0 aromatic heterocycles. The number of carboxylic acids is 1. The number of aliphatic carboxylic acids is 1. The second-order valence-electron chi connectivity index (χ2n) is 4.87. The molecule has 1 aromatic rings. The van der Waals surface area contributed by atoms with E-state index in [1.807, 2.05) is 0 Å². The van der Waals surface area contributed by atoms with Crippen molar-refractivity contribution >= 4 is 39.4 Å². The van der Waals surface area contributed by atoms with Crippen LogP contribution in [0.4, 0.5) is 0 Å². The molecular formula is C13H15BrClNO4. The highest BCUT2D eigenvalue weighted by molar-refractivity contribution is 9.10. The Morgan fingerprint density at radius 3 is 2.65 bits per heavy atom. The zero-order valence-electron chi connectivity index (χ0n) is 11.1. The van der Waals surface area contributed by atoms with Crippen molar-refractivity contribution in [2.75, 3.05) is 6.61 Å². The Kier molecular flexibility index (Phi) is 5.83. The lowest BCUT2D eigenvalue weighted by molar-refractivity contribution is -0.138. The molecule has 0 fully saturated rings. The van der Waals surface area contributed by atoms with E-state index in [-0.39, 0.29) is 13.0 Å². The number of amides is 1. The van der Waals surface area contributed by atoms with E-state index in [0.717, 1.165) is 4.47 Å². The summed E-state index contributed by atoms with van der Waals surface area (Å²) in [6.07, 6.45) is -0.169. The van der Waals surface area contributed by atoms with Crippen molar-refractivity contribution in [1.82, 2.24) is 5.32 Å². The molecule has 0 radical (unpaired) electrons. The van der Waals surface area contributed by atoms with E-state index < -0.39 is 17.4 Å². The van der Waals surface area contributed by atoms with Gasteiger partial charge in [0.2, 0.25) is 0 Å². The van der Waals surface area contributed by atoms with Gasteiger partial charge in [0.25, 0.3) is 5.91 Å². The minimum absolute atomic E-state index is 0.169. The smallest absolute Gasteiger partial charge is 0.305 e. The minimum atomic E-state index is -0.979. The summed E-state index contributed by atoms with van der Waals surface area (Å²) in [5.74, 6) is -0.997. The summed E-state index contributed by atoms with van der Waals surface area (Å²) in [5, 5.41) is 11.7. The van der Waals surface area contributed by atoms with E-state index in [1.165, 1.54) is 0 Å². The lowest BCUT2D eigenvalue weighted by atomic mass is 10.0. The van der Waals surface area contributed by atoms with E-state index >= 15 is 0 Å². The summed E-state index contributed by atoms with van der Waals surface area (Å²) >= 11 is 9.21. The lowest BCUT2D eigenvalue weighted by Crippen LogP contribution is -2.46. The van der Waals surface area contributed by atoms with Crippen molar-refractivity contribution < 1.29 is 19.4 Å². The van der Waals surface area contributed by atoms with Gasteiger partial charge in [-0.3, -0.25) is 9.59 Å². The molecule has 1 amide bonds. The van der Waals surface area contributed by atoms with Gasteiger partial charge in [0, 0.05) is 10.0 Å². The van der Waals surface area contributed by atoms with E-state index in [0.29, 0.717) is 10.8 Å². The normalized spacial score (nSPS) is 11.0. The number of ether oxygens (including phenoxy) is 1. The van der Waals surface area contributed by atoms with E-state index in [1.54, 1.807) is 32.0 Å². The van der Waals surface area contributed by atoms with Gasteiger partial charge < -0.3 is 15.2 Å². The Hall–Kier alpha value is -1.27. The maximum Gasteiger partial charge on any atom is 0.305 e. The SMILES string of the molecule is CC(C)(CC(=O)O)NC(=O)COc1ccc(Br)cc1Cl. The standard InChI is InChI=1S/C13H15BrClNO4/c1-13(2,6-12(18)19)16-11(17)7-20-10-4-3-8(14)5-9(10)15/h3-5H,6-7H2,1-2H3,(H,16,17)(H,18,19). The molecule has 0 spiro atoms. The third-order valence-electron chi connectivity index (χ3n) is 2.32. The maximum absolute atomic E-state index is 11.7. The number of nitrogens with one attached hydrogen (secondary N) is 1. The van der Waals surface area contributed by atoms with Crippen LogP contribution in [0.25, 0.3) is 0 Å². The van der Waals surface area contributed by atoms with Crippen LogP contribution < -0.4 is 10.1 Å². The molecule has 0 bridgehead atoms. The molecule has 2 N–H and O–H groups in total. The number of carboxylic acid groups (broad SMARTS) is 1. The van der Waals surface area contributed by atoms with Crippen LogP contribution in [-0.2, 0) is 9.59 Å². The average molecular weight is 365 g/mol. The van der Waals surface area contributed by atoms with Crippen molar-refractivity contribution in [3.05, 3.63) is 27.7 Å². The topological polar surface area (TPSA) is 75.6 Å². The second-order valence-corrected chi connectivity index (χ2v) is 6.19. The van der Waals surface area contributed by atoms with Crippen LogP contribution >= 0.6 is 27.5 Å². The molecule has 0 saturated carbocycles. The van der Waals surface area contributed by atoms with Gasteiger partial charge >= 0.3 is 5.97 Å². The highest BCUT2D eigenvalue weighted by atomic mass is 79.9. The lowest BCUT2D eigenvalue weighted by Gasteiger charge is -2.24. The fourth-order valence-corrected chi connectivity index (χ4v) is 2.30. The van der Waals surface area contributed by atoms with Crippen molar-refractivity contribution in [1.29, 1.82) is 0 Å². The van der Waals surface area contributed by atoms with Crippen LogP contribution in [-0.4, -0.2) is 29.1 Å². The van der Waals surface area contributed by atoms with Gasteiger partial charge in [0.1, 0.15) is 5.75 Å². The van der Waals surface area contributed by atoms with Gasteiger partial charge in [-0.2, -0.15) is 0 Å². The number of carbonyl (C=O) groups is 2. The van der Waals surface area contributed by atoms with Gasteiger partial charge in [0.05, 0.1) is 11.4 Å². The van der Waals surface area contributed by atoms with Crippen molar-refractivity contribution in [2.45, 2.75) is 25.8 Å². The number of carbonyl (C=O) groups excluding carboxylic acids is 1. The Bertz CT molecular complexity index is 519. The minimum Gasteiger partial charge on any atom is -0.482 e. The van der Waals surface area contributed by atoms with Crippen LogP contribution in [0, 0.1) is 0 Å². The van der Waals surface area contributed by atoms with Gasteiger partial charge in [0.15, 0.2) is 6.61 Å². The molecular weight excluding hydrogens is 350 g/mol. The van der Waals surface area contributed by atoms with E-state index in [4.69, 9.17) is 21.4 Å². The molecule has 7 heteroatoms. The second kappa shape index (κ2) is 6.95. The van der Waals surface area contributed by atoms with Crippen molar-refractivity contribution in [3.8, 4) is 5.75 Å². The molecule has 0 aliphatic heterocycles. The van der Waals surface area contributed by atoms with Crippen LogP contribution in [0.1, 0.15) is 20.3 Å². The zero-order valence-corrected chi connectivity index (χ0v) is 13.4. The van der Waals surface area contributed by atoms with Gasteiger partial charge in [-0.25, -0.2) is 0 Å². The first kappa shape index (κ1) is 16.8. The molecule has 5 nitrogen and oxygen atoms in total. The predicted octanol–water partition coefficient (Wildman–Crippen LogP) is 2.85. The fraction of sp³-hybridized carbons (Fsp3) is 0.385. The number of rotatable bonds is 6. The van der Waals surface area contributed by atoms with Gasteiger partial charge in [-0.1, -0.05) is 27.5 Å². The summed E-state index contributed by atoms with van der Waals surface area (Å²) in [6, 6.07) is 5.04. The average Bonchev–Trinajstić information content (AvgIpc) is 2.24. The first-order valence-corrected chi connectivity index (χ1v) is 6.97. The number of benzene rings is 1. The highest BCUT2D eigenvalue weighted by Crippen LogP contribution is 2.27. The van der Waals surface area contributed by atoms with Crippen LogP contribution in [0.5, 0.6) is 5.75 Å².